The maximum absolute atomic E-state index is 5.28. The largest absolute Gasteiger partial charge is 0.361 e. The maximum Gasteiger partial charge on any atom is 0.191 e. The molecule has 0 aromatic carbocycles. The van der Waals surface area contributed by atoms with Crippen LogP contribution >= 0.6 is 0 Å². The Kier molecular flexibility index (Phi) is 8.42. The third-order valence-corrected chi connectivity index (χ3v) is 5.30. The van der Waals surface area contributed by atoms with Crippen LogP contribution in [0.1, 0.15) is 69.4 Å². The van der Waals surface area contributed by atoms with Gasteiger partial charge >= 0.3 is 0 Å². The van der Waals surface area contributed by atoms with E-state index in [0.717, 1.165) is 49.5 Å². The monoisotopic (exact) mass is 363 g/mol. The minimum Gasteiger partial charge on any atom is -0.361 e. The van der Waals surface area contributed by atoms with Crippen molar-refractivity contribution in [3.05, 3.63) is 17.0 Å². The van der Waals surface area contributed by atoms with Crippen LogP contribution in [0.5, 0.6) is 0 Å². The Morgan fingerprint density at radius 2 is 2.15 bits per heavy atom. The van der Waals surface area contributed by atoms with Crippen molar-refractivity contribution in [3.8, 4) is 0 Å². The van der Waals surface area contributed by atoms with E-state index in [1.165, 1.54) is 37.9 Å². The Morgan fingerprint density at radius 3 is 2.81 bits per heavy atom. The van der Waals surface area contributed by atoms with Crippen molar-refractivity contribution in [2.75, 3.05) is 32.7 Å². The lowest BCUT2D eigenvalue weighted by Crippen LogP contribution is -2.41. The molecule has 2 atom stereocenters. The van der Waals surface area contributed by atoms with Crippen LogP contribution in [0.25, 0.3) is 0 Å². The Labute approximate surface area is 158 Å². The molecule has 1 aromatic heterocycles. The Balaban J connectivity index is 1.79. The van der Waals surface area contributed by atoms with Crippen LogP contribution in [0, 0.1) is 13.8 Å². The molecule has 6 heteroatoms. The van der Waals surface area contributed by atoms with Gasteiger partial charge in [-0.2, -0.15) is 0 Å². The van der Waals surface area contributed by atoms with E-state index in [1.807, 2.05) is 13.8 Å². The van der Waals surface area contributed by atoms with Crippen molar-refractivity contribution in [1.29, 1.82) is 0 Å². The summed E-state index contributed by atoms with van der Waals surface area (Å²) >= 11 is 0. The van der Waals surface area contributed by atoms with Crippen molar-refractivity contribution >= 4 is 5.96 Å². The lowest BCUT2D eigenvalue weighted by molar-refractivity contribution is 0.159. The van der Waals surface area contributed by atoms with Gasteiger partial charge in [-0.3, -0.25) is 4.99 Å². The normalized spacial score (nSPS) is 20.2. The zero-order valence-corrected chi connectivity index (χ0v) is 17.3. The molecule has 2 rings (SSSR count). The van der Waals surface area contributed by atoms with Gasteiger partial charge in [-0.05, 0) is 53.5 Å². The Bertz CT molecular complexity index is 549. The molecule has 2 heterocycles. The lowest BCUT2D eigenvalue weighted by atomic mass is 10.00. The first-order valence-electron chi connectivity index (χ1n) is 10.2. The summed E-state index contributed by atoms with van der Waals surface area (Å²) in [5.74, 6) is 2.10. The van der Waals surface area contributed by atoms with Gasteiger partial charge in [0.05, 0.1) is 5.69 Å². The number of aryl methyl sites for hydroxylation is 2. The lowest BCUT2D eigenvalue weighted by Gasteiger charge is -2.33. The topological polar surface area (TPSA) is 65.7 Å². The summed E-state index contributed by atoms with van der Waals surface area (Å²) in [6.45, 7) is 15.6. The van der Waals surface area contributed by atoms with E-state index < -0.39 is 0 Å². The molecule has 1 aliphatic heterocycles. The van der Waals surface area contributed by atoms with Crippen molar-refractivity contribution in [2.45, 2.75) is 72.3 Å². The van der Waals surface area contributed by atoms with Gasteiger partial charge in [0.15, 0.2) is 5.96 Å². The predicted molar refractivity (Wildman–Crippen MR) is 108 cm³/mol. The third-order valence-electron chi connectivity index (χ3n) is 5.30. The SMILES string of the molecule is CCNC(=NCC(C)c1c(C)noc1C)NCCCN1CCCCC1C. The maximum atomic E-state index is 5.28. The van der Waals surface area contributed by atoms with E-state index in [0.29, 0.717) is 5.92 Å². The molecule has 1 aliphatic rings. The minimum atomic E-state index is 0.297. The molecule has 2 unspecified atom stereocenters. The highest BCUT2D eigenvalue weighted by Gasteiger charge is 2.18. The summed E-state index contributed by atoms with van der Waals surface area (Å²) in [7, 11) is 0. The second kappa shape index (κ2) is 10.6. The molecule has 1 fully saturated rings. The van der Waals surface area contributed by atoms with Crippen LogP contribution < -0.4 is 10.6 Å². The minimum absolute atomic E-state index is 0.297. The molecule has 0 spiro atoms. The third kappa shape index (κ3) is 6.01. The summed E-state index contributed by atoms with van der Waals surface area (Å²) in [6, 6.07) is 0.738. The van der Waals surface area contributed by atoms with Gasteiger partial charge < -0.3 is 20.1 Å². The number of piperidine rings is 1. The van der Waals surface area contributed by atoms with Gasteiger partial charge in [0, 0.05) is 43.7 Å². The molecular formula is C20H37N5O. The number of likely N-dealkylation sites (tertiary alicyclic amines) is 1. The van der Waals surface area contributed by atoms with Crippen LogP contribution in [0.15, 0.2) is 9.52 Å². The average molecular weight is 364 g/mol. The van der Waals surface area contributed by atoms with E-state index >= 15 is 0 Å². The average Bonchev–Trinajstić information content (AvgIpc) is 2.96. The van der Waals surface area contributed by atoms with Crippen molar-refractivity contribution in [3.63, 3.8) is 0 Å². The van der Waals surface area contributed by atoms with Gasteiger partial charge in [-0.15, -0.1) is 0 Å². The predicted octanol–water partition coefficient (Wildman–Crippen LogP) is 3.21. The molecular weight excluding hydrogens is 326 g/mol. The smallest absolute Gasteiger partial charge is 0.191 e. The first-order chi connectivity index (χ1) is 12.5. The van der Waals surface area contributed by atoms with Gasteiger partial charge in [0.1, 0.15) is 5.76 Å². The number of hydrogen-bond donors (Lipinski definition) is 2. The molecule has 1 aromatic rings. The first-order valence-corrected chi connectivity index (χ1v) is 10.2. The fraction of sp³-hybridized carbons (Fsp3) is 0.800. The summed E-state index contributed by atoms with van der Waals surface area (Å²) < 4.78 is 5.28. The Morgan fingerprint density at radius 1 is 1.35 bits per heavy atom. The van der Waals surface area contributed by atoms with Gasteiger partial charge in [-0.25, -0.2) is 0 Å². The number of nitrogens with one attached hydrogen (secondary N) is 2. The number of aliphatic imine (C=N–C) groups is 1. The van der Waals surface area contributed by atoms with Gasteiger partial charge in [-0.1, -0.05) is 18.5 Å². The fourth-order valence-electron chi connectivity index (χ4n) is 3.83. The summed E-state index contributed by atoms with van der Waals surface area (Å²) in [6.07, 6.45) is 5.23. The van der Waals surface area contributed by atoms with Gasteiger partial charge in [0.2, 0.25) is 0 Å². The second-order valence-corrected chi connectivity index (χ2v) is 7.52. The van der Waals surface area contributed by atoms with E-state index in [1.54, 1.807) is 0 Å². The molecule has 0 aliphatic carbocycles. The number of nitrogens with zero attached hydrogens (tertiary/aromatic N) is 3. The Hall–Kier alpha value is -1.56. The van der Waals surface area contributed by atoms with Crippen LogP contribution in [-0.2, 0) is 0 Å². The van der Waals surface area contributed by atoms with Crippen molar-refractivity contribution < 1.29 is 4.52 Å². The molecule has 0 saturated carbocycles. The zero-order chi connectivity index (χ0) is 18.9. The number of aromatic nitrogens is 1. The molecule has 0 radical (unpaired) electrons. The van der Waals surface area contributed by atoms with E-state index in [9.17, 15) is 0 Å². The van der Waals surface area contributed by atoms with E-state index in [4.69, 9.17) is 9.52 Å². The fourth-order valence-corrected chi connectivity index (χ4v) is 3.83. The van der Waals surface area contributed by atoms with Gasteiger partial charge in [0.25, 0.3) is 0 Å². The van der Waals surface area contributed by atoms with Crippen molar-refractivity contribution in [2.24, 2.45) is 4.99 Å². The molecule has 6 nitrogen and oxygen atoms in total. The zero-order valence-electron chi connectivity index (χ0n) is 17.3. The molecule has 2 N–H and O–H groups in total. The highest BCUT2D eigenvalue weighted by atomic mass is 16.5. The molecule has 26 heavy (non-hydrogen) atoms. The van der Waals surface area contributed by atoms with Crippen molar-refractivity contribution in [1.82, 2.24) is 20.7 Å². The standard InChI is InChI=1S/C20H37N5O/c1-6-21-20(22-11-9-13-25-12-8-7-10-16(25)3)23-14-15(2)19-17(4)24-26-18(19)5/h15-16H,6-14H2,1-5H3,(H2,21,22,23). The van der Waals surface area contributed by atoms with Crippen LogP contribution in [0.4, 0.5) is 0 Å². The second-order valence-electron chi connectivity index (χ2n) is 7.52. The quantitative estimate of drug-likeness (QED) is 0.422. The summed E-state index contributed by atoms with van der Waals surface area (Å²) in [5, 5.41) is 10.9. The number of rotatable bonds is 8. The summed E-state index contributed by atoms with van der Waals surface area (Å²) in [5.41, 5.74) is 2.16. The van der Waals surface area contributed by atoms with Crippen LogP contribution in [-0.4, -0.2) is 54.8 Å². The number of hydrogen-bond acceptors (Lipinski definition) is 4. The molecule has 1 saturated heterocycles. The van der Waals surface area contributed by atoms with E-state index in [-0.39, 0.29) is 0 Å². The van der Waals surface area contributed by atoms with Crippen LogP contribution in [0.3, 0.4) is 0 Å². The molecule has 0 bridgehead atoms. The summed E-state index contributed by atoms with van der Waals surface area (Å²) in [4.78, 5) is 7.38. The highest BCUT2D eigenvalue weighted by molar-refractivity contribution is 5.79. The first kappa shape index (κ1) is 20.7. The highest BCUT2D eigenvalue weighted by Crippen LogP contribution is 2.23. The van der Waals surface area contributed by atoms with Crippen LogP contribution in [0.2, 0.25) is 0 Å². The van der Waals surface area contributed by atoms with E-state index in [2.05, 4.69) is 41.5 Å². The number of guanidine groups is 1. The molecule has 148 valence electrons. The molecule has 0 amide bonds.